The highest BCUT2D eigenvalue weighted by Crippen LogP contribution is 2.37. The van der Waals surface area contributed by atoms with Crippen LogP contribution in [0.3, 0.4) is 0 Å². The highest BCUT2D eigenvalue weighted by atomic mass is 35.5. The number of aromatic nitrogens is 2. The molecule has 1 aromatic heterocycles. The van der Waals surface area contributed by atoms with Gasteiger partial charge in [0.1, 0.15) is 22.6 Å². The van der Waals surface area contributed by atoms with E-state index in [1.807, 2.05) is 30.3 Å². The molecule has 3 rings (SSSR count). The molecule has 20 heavy (non-hydrogen) atoms. The summed E-state index contributed by atoms with van der Waals surface area (Å²) in [5.74, 6) is 0.365. The third-order valence-electron chi connectivity index (χ3n) is 2.72. The van der Waals surface area contributed by atoms with Gasteiger partial charge in [-0.1, -0.05) is 53.5 Å². The summed E-state index contributed by atoms with van der Waals surface area (Å²) in [6.07, 6.45) is 0. The molecule has 0 aliphatic rings. The molecule has 4 nitrogen and oxygen atoms in total. The molecule has 0 amide bonds. The molecule has 100 valence electrons. The Morgan fingerprint density at radius 2 is 1.75 bits per heavy atom. The van der Waals surface area contributed by atoms with Crippen molar-refractivity contribution in [2.45, 2.75) is 0 Å². The summed E-state index contributed by atoms with van der Waals surface area (Å²) in [6.45, 7) is 0. The van der Waals surface area contributed by atoms with Crippen LogP contribution in [0.15, 0.2) is 41.4 Å². The Balaban J connectivity index is 2.18. The second-order valence-corrected chi connectivity index (χ2v) is 5.36. The first-order valence-electron chi connectivity index (χ1n) is 5.66. The van der Waals surface area contributed by atoms with Crippen molar-refractivity contribution < 1.29 is 0 Å². The molecule has 2 N–H and O–H groups in total. The van der Waals surface area contributed by atoms with Crippen LogP contribution in [0.5, 0.6) is 0 Å². The van der Waals surface area contributed by atoms with Gasteiger partial charge < -0.3 is 5.73 Å². The van der Waals surface area contributed by atoms with Gasteiger partial charge in [-0.2, -0.15) is 8.75 Å². The van der Waals surface area contributed by atoms with Gasteiger partial charge in [0.05, 0.1) is 21.8 Å². The largest absolute Gasteiger partial charge is 0.383 e. The van der Waals surface area contributed by atoms with Gasteiger partial charge in [-0.05, 0) is 6.07 Å². The van der Waals surface area contributed by atoms with Crippen LogP contribution < -0.4 is 5.73 Å². The average Bonchev–Trinajstić information content (AvgIpc) is 2.94. The number of nitrogens with zero attached hydrogens (tertiary/aromatic N) is 3. The van der Waals surface area contributed by atoms with Gasteiger partial charge in [0, 0.05) is 5.56 Å². The van der Waals surface area contributed by atoms with Crippen LogP contribution in [0.25, 0.3) is 11.0 Å². The van der Waals surface area contributed by atoms with Crippen LogP contribution >= 0.6 is 34.9 Å². The SMILES string of the molecule is NC(=Nc1c(Cl)cc(Cl)c2nsnc12)c1ccccc1. The third kappa shape index (κ3) is 2.35. The Hall–Kier alpha value is -1.69. The normalized spacial score (nSPS) is 12.0. The number of nitrogens with two attached hydrogens (primary N) is 1. The van der Waals surface area contributed by atoms with Gasteiger partial charge >= 0.3 is 0 Å². The fraction of sp³-hybridized carbons (Fsp3) is 0. The predicted molar refractivity (Wildman–Crippen MR) is 84.3 cm³/mol. The Morgan fingerprint density at radius 3 is 2.50 bits per heavy atom. The summed E-state index contributed by atoms with van der Waals surface area (Å²) < 4.78 is 8.32. The van der Waals surface area contributed by atoms with E-state index in [1.165, 1.54) is 0 Å². The molecule has 1 heterocycles. The summed E-state index contributed by atoms with van der Waals surface area (Å²) in [6, 6.07) is 11.0. The number of hydrogen-bond donors (Lipinski definition) is 1. The number of benzene rings is 2. The fourth-order valence-corrected chi connectivity index (χ4v) is 2.91. The van der Waals surface area contributed by atoms with E-state index >= 15 is 0 Å². The van der Waals surface area contributed by atoms with Crippen LogP contribution in [0.1, 0.15) is 5.56 Å². The summed E-state index contributed by atoms with van der Waals surface area (Å²) >= 11 is 13.3. The van der Waals surface area contributed by atoms with Gasteiger partial charge in [0.2, 0.25) is 0 Å². The number of fused-ring (bicyclic) bond motifs is 1. The second kappa shape index (κ2) is 5.36. The second-order valence-electron chi connectivity index (χ2n) is 4.01. The zero-order valence-electron chi connectivity index (χ0n) is 10.0. The van der Waals surface area contributed by atoms with Crippen LogP contribution in [0.4, 0.5) is 5.69 Å². The van der Waals surface area contributed by atoms with Crippen molar-refractivity contribution in [2.24, 2.45) is 10.7 Å². The minimum Gasteiger partial charge on any atom is -0.383 e. The molecule has 0 spiro atoms. The molecule has 2 aromatic carbocycles. The molecular formula is C13H8Cl2N4S. The monoisotopic (exact) mass is 322 g/mol. The lowest BCUT2D eigenvalue weighted by atomic mass is 10.2. The van der Waals surface area contributed by atoms with Gasteiger partial charge in [-0.15, -0.1) is 0 Å². The Labute approximate surface area is 129 Å². The molecule has 0 fully saturated rings. The van der Waals surface area contributed by atoms with Crippen LogP contribution in [0.2, 0.25) is 10.0 Å². The van der Waals surface area contributed by atoms with Gasteiger partial charge in [-0.3, -0.25) is 0 Å². The van der Waals surface area contributed by atoms with E-state index in [0.717, 1.165) is 17.3 Å². The highest BCUT2D eigenvalue weighted by molar-refractivity contribution is 7.00. The number of halogens is 2. The minimum atomic E-state index is 0.365. The maximum Gasteiger partial charge on any atom is 0.133 e. The lowest BCUT2D eigenvalue weighted by molar-refractivity contribution is 1.46. The molecule has 0 saturated heterocycles. The molecule has 0 unspecified atom stereocenters. The first kappa shape index (κ1) is 13.3. The minimum absolute atomic E-state index is 0.365. The topological polar surface area (TPSA) is 64.2 Å². The van der Waals surface area contributed by atoms with Crippen molar-refractivity contribution in [2.75, 3.05) is 0 Å². The zero-order valence-corrected chi connectivity index (χ0v) is 12.4. The molecule has 3 aromatic rings. The Kier molecular flexibility index (Phi) is 3.56. The summed E-state index contributed by atoms with van der Waals surface area (Å²) in [4.78, 5) is 4.38. The van der Waals surface area contributed by atoms with E-state index < -0.39 is 0 Å². The number of rotatable bonds is 2. The lowest BCUT2D eigenvalue weighted by Gasteiger charge is -2.04. The first-order valence-corrected chi connectivity index (χ1v) is 7.15. The van der Waals surface area contributed by atoms with Crippen molar-refractivity contribution >= 4 is 57.5 Å². The van der Waals surface area contributed by atoms with Crippen LogP contribution in [-0.2, 0) is 0 Å². The third-order valence-corrected chi connectivity index (χ3v) is 3.83. The van der Waals surface area contributed by atoms with Crippen molar-refractivity contribution in [3.63, 3.8) is 0 Å². The molecule has 0 atom stereocenters. The quantitative estimate of drug-likeness (QED) is 0.572. The number of hydrogen-bond acceptors (Lipinski definition) is 4. The van der Waals surface area contributed by atoms with Gasteiger partial charge in [-0.25, -0.2) is 4.99 Å². The van der Waals surface area contributed by atoms with Crippen molar-refractivity contribution in [3.05, 3.63) is 52.0 Å². The Bertz CT molecular complexity index is 799. The fourth-order valence-electron chi connectivity index (χ4n) is 1.76. The lowest BCUT2D eigenvalue weighted by Crippen LogP contribution is -2.12. The molecule has 7 heteroatoms. The maximum absolute atomic E-state index is 6.19. The standard InChI is InChI=1S/C13H8Cl2N4S/c14-8-6-9(15)11-12(19-20-18-11)10(8)17-13(16)7-4-2-1-3-5-7/h1-6H,(H2,16,17). The summed E-state index contributed by atoms with van der Waals surface area (Å²) in [5.41, 5.74) is 8.45. The van der Waals surface area contributed by atoms with Gasteiger partial charge in [0.15, 0.2) is 0 Å². The zero-order chi connectivity index (χ0) is 14.1. The van der Waals surface area contributed by atoms with E-state index in [1.54, 1.807) is 6.07 Å². The summed E-state index contributed by atoms with van der Waals surface area (Å²) in [7, 11) is 0. The van der Waals surface area contributed by atoms with E-state index in [-0.39, 0.29) is 0 Å². The van der Waals surface area contributed by atoms with Crippen molar-refractivity contribution in [3.8, 4) is 0 Å². The molecule has 0 radical (unpaired) electrons. The summed E-state index contributed by atoms with van der Waals surface area (Å²) in [5, 5.41) is 0.852. The Morgan fingerprint density at radius 1 is 1.05 bits per heavy atom. The first-order chi connectivity index (χ1) is 9.66. The maximum atomic E-state index is 6.19. The molecule has 0 aliphatic carbocycles. The van der Waals surface area contributed by atoms with Gasteiger partial charge in [0.25, 0.3) is 0 Å². The highest BCUT2D eigenvalue weighted by Gasteiger charge is 2.14. The number of amidine groups is 1. The average molecular weight is 323 g/mol. The van der Waals surface area contributed by atoms with Crippen molar-refractivity contribution in [1.82, 2.24) is 8.75 Å². The number of aliphatic imine (C=N–C) groups is 1. The van der Waals surface area contributed by atoms with Crippen molar-refractivity contribution in [1.29, 1.82) is 0 Å². The van der Waals surface area contributed by atoms with E-state index in [0.29, 0.717) is 32.6 Å². The van der Waals surface area contributed by atoms with Crippen LogP contribution in [-0.4, -0.2) is 14.6 Å². The molecule has 0 bridgehead atoms. The molecular weight excluding hydrogens is 315 g/mol. The van der Waals surface area contributed by atoms with E-state index in [4.69, 9.17) is 28.9 Å². The predicted octanol–water partition coefficient (Wildman–Crippen LogP) is 4.04. The van der Waals surface area contributed by atoms with E-state index in [2.05, 4.69) is 13.7 Å². The molecule has 0 saturated carbocycles. The van der Waals surface area contributed by atoms with Crippen LogP contribution in [0, 0.1) is 0 Å². The smallest absolute Gasteiger partial charge is 0.133 e. The molecule has 0 aliphatic heterocycles. The van der Waals surface area contributed by atoms with E-state index in [9.17, 15) is 0 Å².